The number of hydrogen-bond donors (Lipinski definition) is 1. The summed E-state index contributed by atoms with van der Waals surface area (Å²) in [4.78, 5) is 24.4. The molecule has 1 N–H and O–H groups in total. The molecule has 0 amide bonds. The number of fused-ring (bicyclic) bond motifs is 3. The maximum absolute atomic E-state index is 13.1. The first-order valence-electron chi connectivity index (χ1n) is 8.39. The zero-order valence-electron chi connectivity index (χ0n) is 13.3. The zero-order chi connectivity index (χ0) is 17.2. The SMILES string of the molecule is CC1c2c3c(c(Cl)c(Cl)c2C(=O)C1C1CCCC1)O[C@@H](C(=O)O)C3. The molecule has 0 spiro atoms. The molecule has 0 bridgehead atoms. The molecule has 2 aliphatic carbocycles. The van der Waals surface area contributed by atoms with E-state index in [9.17, 15) is 14.7 Å². The maximum atomic E-state index is 13.1. The lowest BCUT2D eigenvalue weighted by Crippen LogP contribution is -2.24. The van der Waals surface area contributed by atoms with Crippen molar-refractivity contribution in [3.63, 3.8) is 0 Å². The Morgan fingerprint density at radius 1 is 1.21 bits per heavy atom. The van der Waals surface area contributed by atoms with Crippen molar-refractivity contribution < 1.29 is 19.4 Å². The van der Waals surface area contributed by atoms with Crippen molar-refractivity contribution >= 4 is 35.0 Å². The van der Waals surface area contributed by atoms with Gasteiger partial charge in [-0.2, -0.15) is 0 Å². The van der Waals surface area contributed by atoms with Crippen molar-refractivity contribution in [1.82, 2.24) is 0 Å². The zero-order valence-corrected chi connectivity index (χ0v) is 14.8. The Labute approximate surface area is 150 Å². The van der Waals surface area contributed by atoms with Gasteiger partial charge in [-0.1, -0.05) is 43.0 Å². The monoisotopic (exact) mass is 368 g/mol. The Bertz CT molecular complexity index is 752. The molecule has 1 heterocycles. The Kier molecular flexibility index (Phi) is 3.81. The van der Waals surface area contributed by atoms with E-state index in [1.54, 1.807) is 0 Å². The minimum Gasteiger partial charge on any atom is -0.478 e. The normalized spacial score (nSPS) is 28.8. The Hall–Kier alpha value is -1.26. The standard InChI is InChI=1S/C18H18Cl2O4/c1-7-11(8-4-2-3-5-8)16(21)13-12(7)9-6-10(18(22)23)24-17(9)15(20)14(13)19/h7-8,10-11H,2-6H2,1H3,(H,22,23)/t7?,10-,11?/m1/s1. The molecule has 0 saturated heterocycles. The predicted molar refractivity (Wildman–Crippen MR) is 90.4 cm³/mol. The lowest BCUT2D eigenvalue weighted by Gasteiger charge is -2.22. The number of carboxylic acids is 1. The van der Waals surface area contributed by atoms with Gasteiger partial charge < -0.3 is 9.84 Å². The van der Waals surface area contributed by atoms with Crippen LogP contribution in [0.5, 0.6) is 5.75 Å². The number of benzene rings is 1. The fourth-order valence-electron chi connectivity index (χ4n) is 4.82. The van der Waals surface area contributed by atoms with Crippen molar-refractivity contribution in [2.45, 2.75) is 51.0 Å². The summed E-state index contributed by atoms with van der Waals surface area (Å²) >= 11 is 12.7. The number of ketones is 1. The van der Waals surface area contributed by atoms with Crippen molar-refractivity contribution in [1.29, 1.82) is 0 Å². The number of rotatable bonds is 2. The largest absolute Gasteiger partial charge is 0.478 e. The fourth-order valence-corrected chi connectivity index (χ4v) is 5.36. The van der Waals surface area contributed by atoms with Crippen LogP contribution in [0.4, 0.5) is 0 Å². The number of carbonyl (C=O) groups is 2. The number of carbonyl (C=O) groups excluding carboxylic acids is 1. The lowest BCUT2D eigenvalue weighted by molar-refractivity contribution is -0.144. The van der Waals surface area contributed by atoms with E-state index in [0.29, 0.717) is 17.2 Å². The van der Waals surface area contributed by atoms with Gasteiger partial charge in [-0.15, -0.1) is 0 Å². The summed E-state index contributed by atoms with van der Waals surface area (Å²) in [5.74, 6) is -0.293. The molecule has 128 valence electrons. The van der Waals surface area contributed by atoms with Crippen LogP contribution in [0.25, 0.3) is 0 Å². The van der Waals surface area contributed by atoms with Crippen LogP contribution in [0, 0.1) is 11.8 Å². The summed E-state index contributed by atoms with van der Waals surface area (Å²) in [7, 11) is 0. The van der Waals surface area contributed by atoms with Crippen molar-refractivity contribution in [2.75, 3.05) is 0 Å². The third-order valence-corrected chi connectivity index (χ3v) is 6.69. The topological polar surface area (TPSA) is 63.6 Å². The van der Waals surface area contributed by atoms with Crippen LogP contribution in [0.3, 0.4) is 0 Å². The number of ether oxygens (including phenoxy) is 1. The molecule has 1 aromatic rings. The van der Waals surface area contributed by atoms with E-state index in [4.69, 9.17) is 27.9 Å². The average Bonchev–Trinajstić information content (AvgIpc) is 3.23. The highest BCUT2D eigenvalue weighted by atomic mass is 35.5. The van der Waals surface area contributed by atoms with Crippen molar-refractivity contribution in [3.05, 3.63) is 26.7 Å². The molecular formula is C18H18Cl2O4. The van der Waals surface area contributed by atoms with E-state index in [0.717, 1.165) is 36.8 Å². The van der Waals surface area contributed by atoms with Crippen LogP contribution in [0.15, 0.2) is 0 Å². The minimum atomic E-state index is -1.03. The molecule has 24 heavy (non-hydrogen) atoms. The van der Waals surface area contributed by atoms with Crippen LogP contribution >= 0.6 is 23.2 Å². The molecule has 1 saturated carbocycles. The highest BCUT2D eigenvalue weighted by Crippen LogP contribution is 2.55. The second-order valence-corrected chi connectivity index (χ2v) is 7.85. The predicted octanol–water partition coefficient (Wildman–Crippen LogP) is 4.49. The molecule has 6 heteroatoms. The number of Topliss-reactive ketones (excluding diaryl/α,β-unsaturated/α-hetero) is 1. The first kappa shape index (κ1) is 16.2. The first-order chi connectivity index (χ1) is 11.4. The molecule has 0 radical (unpaired) electrons. The van der Waals surface area contributed by atoms with Gasteiger partial charge in [-0.3, -0.25) is 4.79 Å². The fraction of sp³-hybridized carbons (Fsp3) is 0.556. The molecule has 3 atom stereocenters. The van der Waals surface area contributed by atoms with Crippen LogP contribution < -0.4 is 4.74 Å². The summed E-state index contributed by atoms with van der Waals surface area (Å²) in [5, 5.41) is 9.65. The molecule has 0 aromatic heterocycles. The second-order valence-electron chi connectivity index (χ2n) is 7.10. The summed E-state index contributed by atoms with van der Waals surface area (Å²) in [5.41, 5.74) is 2.12. The number of aliphatic carboxylic acids is 1. The van der Waals surface area contributed by atoms with Crippen LogP contribution in [-0.4, -0.2) is 23.0 Å². The lowest BCUT2D eigenvalue weighted by atomic mass is 9.81. The highest BCUT2D eigenvalue weighted by Gasteiger charge is 2.48. The van der Waals surface area contributed by atoms with E-state index in [1.165, 1.54) is 0 Å². The molecule has 3 aliphatic rings. The number of carboxylic acid groups (broad SMARTS) is 1. The van der Waals surface area contributed by atoms with Gasteiger partial charge in [-0.25, -0.2) is 4.79 Å². The molecular weight excluding hydrogens is 351 g/mol. The molecule has 4 rings (SSSR count). The highest BCUT2D eigenvalue weighted by molar-refractivity contribution is 6.45. The van der Waals surface area contributed by atoms with Gasteiger partial charge in [0, 0.05) is 23.5 Å². The van der Waals surface area contributed by atoms with Crippen LogP contribution in [0.2, 0.25) is 10.0 Å². The van der Waals surface area contributed by atoms with Gasteiger partial charge in [0.2, 0.25) is 0 Å². The minimum absolute atomic E-state index is 0.0234. The second kappa shape index (κ2) is 5.63. The van der Waals surface area contributed by atoms with E-state index in [1.807, 2.05) is 6.92 Å². The summed E-state index contributed by atoms with van der Waals surface area (Å²) in [6.45, 7) is 2.05. The molecule has 1 fully saturated rings. The first-order valence-corrected chi connectivity index (χ1v) is 9.14. The van der Waals surface area contributed by atoms with Gasteiger partial charge in [-0.05, 0) is 30.2 Å². The summed E-state index contributed by atoms with van der Waals surface area (Å²) in [6, 6.07) is 0. The third-order valence-electron chi connectivity index (χ3n) is 5.86. The Balaban J connectivity index is 1.85. The van der Waals surface area contributed by atoms with Gasteiger partial charge in [0.15, 0.2) is 11.9 Å². The summed E-state index contributed by atoms with van der Waals surface area (Å²) < 4.78 is 5.52. The smallest absolute Gasteiger partial charge is 0.345 e. The van der Waals surface area contributed by atoms with Crippen molar-refractivity contribution in [2.24, 2.45) is 11.8 Å². The van der Waals surface area contributed by atoms with E-state index >= 15 is 0 Å². The van der Waals surface area contributed by atoms with Crippen LogP contribution in [0.1, 0.15) is 60.0 Å². The third kappa shape index (κ3) is 2.12. The molecule has 2 unspecified atom stereocenters. The van der Waals surface area contributed by atoms with Crippen molar-refractivity contribution in [3.8, 4) is 5.75 Å². The Morgan fingerprint density at radius 2 is 1.88 bits per heavy atom. The maximum Gasteiger partial charge on any atom is 0.345 e. The number of halogens is 2. The summed E-state index contributed by atoms with van der Waals surface area (Å²) in [6.07, 6.45) is 3.72. The van der Waals surface area contributed by atoms with Gasteiger partial charge >= 0.3 is 5.97 Å². The Morgan fingerprint density at radius 3 is 2.50 bits per heavy atom. The quantitative estimate of drug-likeness (QED) is 0.835. The van der Waals surface area contributed by atoms with Gasteiger partial charge in [0.25, 0.3) is 0 Å². The number of hydrogen-bond acceptors (Lipinski definition) is 3. The van der Waals surface area contributed by atoms with E-state index in [2.05, 4.69) is 0 Å². The van der Waals surface area contributed by atoms with E-state index < -0.39 is 12.1 Å². The molecule has 1 aliphatic heterocycles. The van der Waals surface area contributed by atoms with Gasteiger partial charge in [0.1, 0.15) is 10.8 Å². The van der Waals surface area contributed by atoms with Gasteiger partial charge in [0.05, 0.1) is 5.02 Å². The van der Waals surface area contributed by atoms with Crippen LogP contribution in [-0.2, 0) is 11.2 Å². The van der Waals surface area contributed by atoms with E-state index in [-0.39, 0.29) is 34.1 Å². The molecule has 4 nitrogen and oxygen atoms in total. The molecule has 1 aromatic carbocycles. The average molecular weight is 369 g/mol.